The van der Waals surface area contributed by atoms with E-state index in [1.807, 2.05) is 0 Å². The molecule has 7 aromatic rings. The van der Waals surface area contributed by atoms with Gasteiger partial charge in [-0.1, -0.05) is 140 Å². The van der Waals surface area contributed by atoms with Gasteiger partial charge in [-0.3, -0.25) is 0 Å². The minimum Gasteiger partial charge on any atom is -0.455 e. The molecule has 1 nitrogen and oxygen atoms in total. The minimum atomic E-state index is 0.904. The van der Waals surface area contributed by atoms with E-state index in [-0.39, 0.29) is 0 Å². The molecule has 0 amide bonds. The molecule has 0 fully saturated rings. The minimum absolute atomic E-state index is 0.904. The second-order valence-corrected chi connectivity index (χ2v) is 9.29. The lowest BCUT2D eigenvalue weighted by molar-refractivity contribution is 0.603. The fourth-order valence-corrected chi connectivity index (χ4v) is 5.41. The lowest BCUT2D eigenvalue weighted by atomic mass is 9.93. The van der Waals surface area contributed by atoms with Gasteiger partial charge in [0, 0.05) is 21.9 Å². The molecule has 1 heteroatoms. The summed E-state index contributed by atoms with van der Waals surface area (Å²) in [6, 6.07) is 51.2. The number of hydrogen-bond donors (Lipinski definition) is 0. The summed E-state index contributed by atoms with van der Waals surface area (Å²) < 4.78 is 6.85. The molecule has 0 radical (unpaired) electrons. The molecular weight excluding hydrogens is 448 g/mol. The van der Waals surface area contributed by atoms with Crippen LogP contribution in [0.5, 0.6) is 0 Å². The monoisotopic (exact) mass is 472 g/mol. The molecule has 0 bridgehead atoms. The van der Waals surface area contributed by atoms with Gasteiger partial charge in [0.1, 0.15) is 11.5 Å². The van der Waals surface area contributed by atoms with E-state index in [1.165, 1.54) is 33.0 Å². The van der Waals surface area contributed by atoms with Crippen molar-refractivity contribution in [2.75, 3.05) is 0 Å². The van der Waals surface area contributed by atoms with Crippen molar-refractivity contribution in [2.45, 2.75) is 0 Å². The fourth-order valence-electron chi connectivity index (χ4n) is 5.41. The summed E-state index contributed by atoms with van der Waals surface area (Å²) in [7, 11) is 0. The van der Waals surface area contributed by atoms with Crippen molar-refractivity contribution in [2.24, 2.45) is 0 Å². The first-order valence-corrected chi connectivity index (χ1v) is 12.6. The SMILES string of the molecule is c1ccc(-c2ccccc2-c2oc(-c3ccc(-c4ccccc4)c4ccccc34)c3ccccc23)cc1. The summed E-state index contributed by atoms with van der Waals surface area (Å²) in [6.45, 7) is 0. The van der Waals surface area contributed by atoms with Crippen LogP contribution in [0.1, 0.15) is 0 Å². The Balaban J connectivity index is 1.49. The van der Waals surface area contributed by atoms with Gasteiger partial charge in [0.25, 0.3) is 0 Å². The molecule has 0 N–H and O–H groups in total. The highest BCUT2D eigenvalue weighted by molar-refractivity contribution is 6.11. The number of benzene rings is 6. The summed E-state index contributed by atoms with van der Waals surface area (Å²) >= 11 is 0. The molecule has 37 heavy (non-hydrogen) atoms. The van der Waals surface area contributed by atoms with Crippen molar-refractivity contribution in [3.8, 4) is 44.9 Å². The number of rotatable bonds is 4. The van der Waals surface area contributed by atoms with Crippen molar-refractivity contribution in [3.05, 3.63) is 146 Å². The van der Waals surface area contributed by atoms with Crippen LogP contribution in [-0.4, -0.2) is 0 Å². The highest BCUT2D eigenvalue weighted by Gasteiger charge is 2.20. The van der Waals surface area contributed by atoms with E-state index in [4.69, 9.17) is 4.42 Å². The van der Waals surface area contributed by atoms with Gasteiger partial charge in [-0.05, 0) is 39.1 Å². The molecular formula is C36H24O. The molecule has 1 aromatic heterocycles. The molecule has 0 aliphatic carbocycles. The van der Waals surface area contributed by atoms with Gasteiger partial charge in [0.15, 0.2) is 0 Å². The maximum absolute atomic E-state index is 6.85. The van der Waals surface area contributed by atoms with Gasteiger partial charge in [0.05, 0.1) is 0 Å². The van der Waals surface area contributed by atoms with Crippen LogP contribution in [0.25, 0.3) is 66.4 Å². The van der Waals surface area contributed by atoms with E-state index in [9.17, 15) is 0 Å². The van der Waals surface area contributed by atoms with Gasteiger partial charge in [0.2, 0.25) is 0 Å². The fraction of sp³-hybridized carbons (Fsp3) is 0. The number of fused-ring (bicyclic) bond motifs is 2. The Morgan fingerprint density at radius 3 is 1.30 bits per heavy atom. The van der Waals surface area contributed by atoms with Crippen LogP contribution in [-0.2, 0) is 0 Å². The van der Waals surface area contributed by atoms with Crippen molar-refractivity contribution >= 4 is 21.5 Å². The third-order valence-corrected chi connectivity index (χ3v) is 7.13. The molecule has 0 atom stereocenters. The number of furan rings is 1. The summed E-state index contributed by atoms with van der Waals surface area (Å²) in [5.74, 6) is 1.81. The van der Waals surface area contributed by atoms with Crippen LogP contribution in [0, 0.1) is 0 Å². The van der Waals surface area contributed by atoms with Crippen LogP contribution in [0.3, 0.4) is 0 Å². The van der Waals surface area contributed by atoms with Crippen LogP contribution in [0.4, 0.5) is 0 Å². The van der Waals surface area contributed by atoms with E-state index in [0.29, 0.717) is 0 Å². The van der Waals surface area contributed by atoms with Gasteiger partial charge < -0.3 is 4.42 Å². The van der Waals surface area contributed by atoms with E-state index < -0.39 is 0 Å². The van der Waals surface area contributed by atoms with Gasteiger partial charge in [-0.15, -0.1) is 0 Å². The lowest BCUT2D eigenvalue weighted by Crippen LogP contribution is -1.85. The summed E-state index contributed by atoms with van der Waals surface area (Å²) in [5, 5.41) is 4.65. The molecule has 1 heterocycles. The molecule has 0 unspecified atom stereocenters. The van der Waals surface area contributed by atoms with Crippen molar-refractivity contribution in [1.29, 1.82) is 0 Å². The summed E-state index contributed by atoms with van der Waals surface area (Å²) in [4.78, 5) is 0. The Hall–Kier alpha value is -4.88. The predicted molar refractivity (Wildman–Crippen MR) is 155 cm³/mol. The van der Waals surface area contributed by atoms with Gasteiger partial charge in [-0.2, -0.15) is 0 Å². The normalized spacial score (nSPS) is 11.2. The van der Waals surface area contributed by atoms with Crippen molar-refractivity contribution in [3.63, 3.8) is 0 Å². The van der Waals surface area contributed by atoms with Crippen molar-refractivity contribution in [1.82, 2.24) is 0 Å². The topological polar surface area (TPSA) is 13.1 Å². The second kappa shape index (κ2) is 8.96. The zero-order valence-corrected chi connectivity index (χ0v) is 20.3. The largest absolute Gasteiger partial charge is 0.455 e. The standard InChI is InChI=1S/C36H24O/c1-3-13-25(14-4-1)27-17-7-10-20-31(27)35-32-21-11-12-22-33(32)36(37-35)34-24-23-28(26-15-5-2-6-16-26)29-18-8-9-19-30(29)34/h1-24H. The molecule has 0 spiro atoms. The van der Waals surface area contributed by atoms with Crippen LogP contribution in [0.15, 0.2) is 150 Å². The lowest BCUT2D eigenvalue weighted by Gasteiger charge is -2.11. The van der Waals surface area contributed by atoms with Crippen LogP contribution < -0.4 is 0 Å². The first kappa shape index (κ1) is 21.4. The molecule has 6 aromatic carbocycles. The Labute approximate surface area is 216 Å². The van der Waals surface area contributed by atoms with Crippen molar-refractivity contribution < 1.29 is 4.42 Å². The van der Waals surface area contributed by atoms with Gasteiger partial charge >= 0.3 is 0 Å². The zero-order chi connectivity index (χ0) is 24.6. The Kier molecular flexibility index (Phi) is 5.19. The van der Waals surface area contributed by atoms with E-state index in [2.05, 4.69) is 146 Å². The Morgan fingerprint density at radius 1 is 0.270 bits per heavy atom. The van der Waals surface area contributed by atoms with Crippen LogP contribution in [0.2, 0.25) is 0 Å². The third kappa shape index (κ3) is 3.64. The van der Waals surface area contributed by atoms with E-state index in [0.717, 1.165) is 33.4 Å². The molecule has 0 aliphatic rings. The smallest absolute Gasteiger partial charge is 0.143 e. The maximum Gasteiger partial charge on any atom is 0.143 e. The summed E-state index contributed by atoms with van der Waals surface area (Å²) in [6.07, 6.45) is 0. The molecule has 0 saturated carbocycles. The first-order chi connectivity index (χ1) is 18.4. The van der Waals surface area contributed by atoms with E-state index in [1.54, 1.807) is 0 Å². The van der Waals surface area contributed by atoms with Gasteiger partial charge in [-0.25, -0.2) is 0 Å². The molecule has 7 rings (SSSR count). The Morgan fingerprint density at radius 2 is 0.676 bits per heavy atom. The predicted octanol–water partition coefficient (Wildman–Crippen LogP) is 10.3. The van der Waals surface area contributed by atoms with E-state index >= 15 is 0 Å². The maximum atomic E-state index is 6.85. The summed E-state index contributed by atoms with van der Waals surface area (Å²) in [5.41, 5.74) is 6.99. The average Bonchev–Trinajstić information content (AvgIpc) is 3.37. The average molecular weight is 473 g/mol. The Bertz CT molecular complexity index is 1860. The van der Waals surface area contributed by atoms with Crippen LogP contribution >= 0.6 is 0 Å². The third-order valence-electron chi connectivity index (χ3n) is 7.13. The highest BCUT2D eigenvalue weighted by atomic mass is 16.3. The first-order valence-electron chi connectivity index (χ1n) is 12.6. The second-order valence-electron chi connectivity index (χ2n) is 9.29. The zero-order valence-electron chi connectivity index (χ0n) is 20.3. The molecule has 0 saturated heterocycles. The molecule has 174 valence electrons. The number of hydrogen-bond acceptors (Lipinski definition) is 1. The quantitative estimate of drug-likeness (QED) is 0.248. The molecule has 0 aliphatic heterocycles. The highest BCUT2D eigenvalue weighted by Crippen LogP contribution is 2.45.